The molecule has 1 atom stereocenters. The van der Waals surface area contributed by atoms with Crippen LogP contribution in [0, 0.1) is 12.8 Å². The summed E-state index contributed by atoms with van der Waals surface area (Å²) in [4.78, 5) is 16.6. The van der Waals surface area contributed by atoms with Crippen LogP contribution in [0.5, 0.6) is 0 Å². The van der Waals surface area contributed by atoms with E-state index in [1.54, 1.807) is 11.3 Å². The minimum absolute atomic E-state index is 0. The molecule has 6 heteroatoms. The maximum Gasteiger partial charge on any atom is 0.228 e. The molecule has 1 aromatic heterocycles. The summed E-state index contributed by atoms with van der Waals surface area (Å²) in [6, 6.07) is 7.89. The Kier molecular flexibility index (Phi) is 5.94. The number of hydrogen-bond acceptors (Lipinski definition) is 4. The van der Waals surface area contributed by atoms with E-state index in [4.69, 9.17) is 0 Å². The summed E-state index contributed by atoms with van der Waals surface area (Å²) in [5.41, 5.74) is 2.92. The first-order valence-electron chi connectivity index (χ1n) is 7.26. The number of piperidine rings is 1. The number of aromatic nitrogens is 1. The van der Waals surface area contributed by atoms with Gasteiger partial charge in [-0.2, -0.15) is 0 Å². The van der Waals surface area contributed by atoms with Gasteiger partial charge in [0, 0.05) is 23.2 Å². The van der Waals surface area contributed by atoms with E-state index in [1.165, 1.54) is 0 Å². The molecule has 1 aromatic carbocycles. The first-order chi connectivity index (χ1) is 10.2. The van der Waals surface area contributed by atoms with Gasteiger partial charge in [-0.3, -0.25) is 4.79 Å². The molecule has 0 spiro atoms. The SMILES string of the molecule is Cc1nc(-c2ccc(NC(=O)C3CCCNC3)cc2)cs1.Cl. The normalized spacial score (nSPS) is 17.6. The molecule has 118 valence electrons. The fourth-order valence-corrected chi connectivity index (χ4v) is 3.16. The smallest absolute Gasteiger partial charge is 0.228 e. The Balaban J connectivity index is 0.00000176. The van der Waals surface area contributed by atoms with Gasteiger partial charge in [0.25, 0.3) is 0 Å². The first-order valence-corrected chi connectivity index (χ1v) is 8.14. The van der Waals surface area contributed by atoms with Crippen molar-refractivity contribution in [1.82, 2.24) is 10.3 Å². The van der Waals surface area contributed by atoms with Gasteiger partial charge in [0.05, 0.1) is 16.6 Å². The molecular weight excluding hydrogens is 318 g/mol. The minimum atomic E-state index is 0. The fourth-order valence-electron chi connectivity index (χ4n) is 2.54. The maximum atomic E-state index is 12.2. The molecule has 2 aromatic rings. The largest absolute Gasteiger partial charge is 0.326 e. The number of benzene rings is 1. The van der Waals surface area contributed by atoms with Crippen LogP contribution in [-0.2, 0) is 4.79 Å². The summed E-state index contributed by atoms with van der Waals surface area (Å²) in [6.45, 7) is 3.80. The van der Waals surface area contributed by atoms with Crippen molar-refractivity contribution in [2.45, 2.75) is 19.8 Å². The molecule has 0 radical (unpaired) electrons. The van der Waals surface area contributed by atoms with E-state index in [-0.39, 0.29) is 24.2 Å². The topological polar surface area (TPSA) is 54.0 Å². The van der Waals surface area contributed by atoms with E-state index < -0.39 is 0 Å². The van der Waals surface area contributed by atoms with Crippen LogP contribution in [0.15, 0.2) is 29.6 Å². The number of hydrogen-bond donors (Lipinski definition) is 2. The molecule has 4 nitrogen and oxygen atoms in total. The zero-order chi connectivity index (χ0) is 14.7. The molecule has 2 heterocycles. The number of halogens is 1. The highest BCUT2D eigenvalue weighted by molar-refractivity contribution is 7.09. The lowest BCUT2D eigenvalue weighted by Gasteiger charge is -2.21. The third kappa shape index (κ3) is 4.06. The summed E-state index contributed by atoms with van der Waals surface area (Å²) in [5.74, 6) is 0.194. The quantitative estimate of drug-likeness (QED) is 0.901. The predicted octanol–water partition coefficient (Wildman–Crippen LogP) is 3.48. The summed E-state index contributed by atoms with van der Waals surface area (Å²) in [6.07, 6.45) is 2.04. The molecule has 1 amide bonds. The lowest BCUT2D eigenvalue weighted by molar-refractivity contribution is -0.120. The standard InChI is InChI=1S/C16H19N3OS.ClH/c1-11-18-15(10-21-11)12-4-6-14(7-5-12)19-16(20)13-3-2-8-17-9-13;/h4-7,10,13,17H,2-3,8-9H2,1H3,(H,19,20);1H. The predicted molar refractivity (Wildman–Crippen MR) is 93.8 cm³/mol. The van der Waals surface area contributed by atoms with Crippen LogP contribution in [0.4, 0.5) is 5.69 Å². The highest BCUT2D eigenvalue weighted by atomic mass is 35.5. The van der Waals surface area contributed by atoms with Crippen molar-refractivity contribution in [3.05, 3.63) is 34.7 Å². The number of nitrogens with zero attached hydrogens (tertiary/aromatic N) is 1. The molecule has 0 bridgehead atoms. The zero-order valence-corrected chi connectivity index (χ0v) is 14.1. The van der Waals surface area contributed by atoms with Gasteiger partial charge >= 0.3 is 0 Å². The van der Waals surface area contributed by atoms with Gasteiger partial charge in [-0.15, -0.1) is 23.7 Å². The second-order valence-corrected chi connectivity index (χ2v) is 6.42. The number of carbonyl (C=O) groups is 1. The number of rotatable bonds is 3. The van der Waals surface area contributed by atoms with Gasteiger partial charge < -0.3 is 10.6 Å². The number of carbonyl (C=O) groups excluding carboxylic acids is 1. The molecule has 2 N–H and O–H groups in total. The van der Waals surface area contributed by atoms with Gasteiger partial charge in [-0.05, 0) is 38.4 Å². The Morgan fingerprint density at radius 2 is 2.14 bits per heavy atom. The van der Waals surface area contributed by atoms with Gasteiger partial charge in [0.2, 0.25) is 5.91 Å². The van der Waals surface area contributed by atoms with Crippen LogP contribution in [-0.4, -0.2) is 24.0 Å². The van der Waals surface area contributed by atoms with Crippen LogP contribution in [0.1, 0.15) is 17.8 Å². The monoisotopic (exact) mass is 337 g/mol. The number of nitrogens with one attached hydrogen (secondary N) is 2. The van der Waals surface area contributed by atoms with E-state index >= 15 is 0 Å². The van der Waals surface area contributed by atoms with Crippen LogP contribution in [0.25, 0.3) is 11.3 Å². The highest BCUT2D eigenvalue weighted by Gasteiger charge is 2.20. The molecule has 1 unspecified atom stereocenters. The Hall–Kier alpha value is -1.43. The molecule has 22 heavy (non-hydrogen) atoms. The second-order valence-electron chi connectivity index (χ2n) is 5.36. The van der Waals surface area contributed by atoms with Crippen molar-refractivity contribution in [2.75, 3.05) is 18.4 Å². The number of anilines is 1. The van der Waals surface area contributed by atoms with Crippen molar-refractivity contribution >= 4 is 35.3 Å². The Morgan fingerprint density at radius 3 is 2.73 bits per heavy atom. The Bertz CT molecular complexity index is 621. The second kappa shape index (κ2) is 7.72. The fraction of sp³-hybridized carbons (Fsp3) is 0.375. The third-order valence-electron chi connectivity index (χ3n) is 3.73. The Morgan fingerprint density at radius 1 is 1.36 bits per heavy atom. The van der Waals surface area contributed by atoms with Gasteiger partial charge in [0.15, 0.2) is 0 Å². The lowest BCUT2D eigenvalue weighted by atomic mass is 9.99. The van der Waals surface area contributed by atoms with Crippen molar-refractivity contribution in [2.24, 2.45) is 5.92 Å². The van der Waals surface area contributed by atoms with E-state index in [2.05, 4.69) is 21.0 Å². The summed E-state index contributed by atoms with van der Waals surface area (Å²) in [5, 5.41) is 9.38. The molecule has 1 aliphatic rings. The highest BCUT2D eigenvalue weighted by Crippen LogP contribution is 2.23. The molecule has 0 aliphatic carbocycles. The van der Waals surface area contributed by atoms with Gasteiger partial charge in [-0.1, -0.05) is 12.1 Å². The zero-order valence-electron chi connectivity index (χ0n) is 12.5. The summed E-state index contributed by atoms with van der Waals surface area (Å²) < 4.78 is 0. The van der Waals surface area contributed by atoms with E-state index in [0.29, 0.717) is 0 Å². The molecule has 1 aliphatic heterocycles. The molecule has 1 fully saturated rings. The van der Waals surface area contributed by atoms with Crippen LogP contribution < -0.4 is 10.6 Å². The first kappa shape index (κ1) is 16.9. The number of amides is 1. The molecule has 0 saturated carbocycles. The van der Waals surface area contributed by atoms with Crippen LogP contribution in [0.2, 0.25) is 0 Å². The summed E-state index contributed by atoms with van der Waals surface area (Å²) in [7, 11) is 0. The minimum Gasteiger partial charge on any atom is -0.326 e. The van der Waals surface area contributed by atoms with E-state index in [0.717, 1.165) is 47.9 Å². The summed E-state index contributed by atoms with van der Waals surface area (Å²) >= 11 is 1.65. The van der Waals surface area contributed by atoms with Crippen molar-refractivity contribution in [1.29, 1.82) is 0 Å². The van der Waals surface area contributed by atoms with Crippen LogP contribution in [0.3, 0.4) is 0 Å². The number of aryl methyl sites for hydroxylation is 1. The van der Waals surface area contributed by atoms with E-state index in [1.807, 2.05) is 31.2 Å². The number of thiazole rings is 1. The van der Waals surface area contributed by atoms with Gasteiger partial charge in [0.1, 0.15) is 0 Å². The average molecular weight is 338 g/mol. The Labute approximate surface area is 140 Å². The van der Waals surface area contributed by atoms with Crippen molar-refractivity contribution in [3.63, 3.8) is 0 Å². The molecule has 1 saturated heterocycles. The third-order valence-corrected chi connectivity index (χ3v) is 4.51. The lowest BCUT2D eigenvalue weighted by Crippen LogP contribution is -2.37. The maximum absolute atomic E-state index is 12.2. The van der Waals surface area contributed by atoms with Crippen LogP contribution >= 0.6 is 23.7 Å². The molecule has 3 rings (SSSR count). The average Bonchev–Trinajstić information content (AvgIpc) is 2.95. The van der Waals surface area contributed by atoms with Crippen molar-refractivity contribution < 1.29 is 4.79 Å². The van der Waals surface area contributed by atoms with Crippen molar-refractivity contribution in [3.8, 4) is 11.3 Å². The van der Waals surface area contributed by atoms with Gasteiger partial charge in [-0.25, -0.2) is 4.98 Å². The van der Waals surface area contributed by atoms with E-state index in [9.17, 15) is 4.79 Å². The molecular formula is C16H20ClN3OS.